The molecule has 3 aliphatic rings. The van der Waals surface area contributed by atoms with Crippen LogP contribution in [0.5, 0.6) is 0 Å². The third kappa shape index (κ3) is 3.35. The van der Waals surface area contributed by atoms with Crippen molar-refractivity contribution >= 4 is 23.1 Å². The number of rotatable bonds is 2. The molecule has 10 heteroatoms. The second-order valence-electron chi connectivity index (χ2n) is 8.89. The number of carbonyl (C=O) groups is 1. The van der Waals surface area contributed by atoms with Gasteiger partial charge in [-0.2, -0.15) is 22.8 Å². The van der Waals surface area contributed by atoms with Crippen LogP contribution in [-0.2, 0) is 30.2 Å². The van der Waals surface area contributed by atoms with Gasteiger partial charge in [0.05, 0.1) is 23.4 Å². The Morgan fingerprint density at radius 3 is 2.73 bits per heavy atom. The van der Waals surface area contributed by atoms with Gasteiger partial charge in [-0.05, 0) is 37.1 Å². The Hall–Kier alpha value is -3.14. The molecule has 3 aliphatic heterocycles. The normalized spacial score (nSPS) is 18.8. The summed E-state index contributed by atoms with van der Waals surface area (Å²) < 4.78 is 41.4. The predicted molar refractivity (Wildman–Crippen MR) is 116 cm³/mol. The molecule has 33 heavy (non-hydrogen) atoms. The lowest BCUT2D eigenvalue weighted by Crippen LogP contribution is -2.55. The highest BCUT2D eigenvalue weighted by Gasteiger charge is 2.41. The first-order valence-corrected chi connectivity index (χ1v) is 11.2. The van der Waals surface area contributed by atoms with Crippen LogP contribution >= 0.6 is 0 Å². The zero-order valence-corrected chi connectivity index (χ0v) is 17.9. The molecule has 0 atom stereocenters. The Bertz CT molecular complexity index is 1250. The summed E-state index contributed by atoms with van der Waals surface area (Å²) in [7, 11) is 0. The van der Waals surface area contributed by atoms with Crippen LogP contribution in [0.3, 0.4) is 0 Å². The fourth-order valence-corrected chi connectivity index (χ4v) is 5.15. The molecule has 0 unspecified atom stereocenters. The van der Waals surface area contributed by atoms with Crippen molar-refractivity contribution in [1.29, 1.82) is 0 Å². The lowest BCUT2D eigenvalue weighted by Gasteiger charge is -2.42. The summed E-state index contributed by atoms with van der Waals surface area (Å²) in [4.78, 5) is 21.7. The monoisotopic (exact) mass is 456 g/mol. The van der Waals surface area contributed by atoms with Crippen LogP contribution in [0.1, 0.15) is 22.4 Å². The van der Waals surface area contributed by atoms with Gasteiger partial charge >= 0.3 is 6.18 Å². The van der Waals surface area contributed by atoms with Gasteiger partial charge in [0.1, 0.15) is 5.82 Å². The highest BCUT2D eigenvalue weighted by Crippen LogP contribution is 2.38. The van der Waals surface area contributed by atoms with Gasteiger partial charge < -0.3 is 15.1 Å². The lowest BCUT2D eigenvalue weighted by molar-refractivity contribution is -0.137. The molecule has 1 aromatic carbocycles. The van der Waals surface area contributed by atoms with Gasteiger partial charge in [0.2, 0.25) is 5.91 Å². The standard InChI is InChI=1S/C23H23F3N6O/c24-23(25,26)16-2-1-14-6-10-31(19(14)11-16)22(33)15-12-30(13-15)21-17-3-7-27-8-4-18(17)29-20-5-9-28-32(20)21/h1-2,5,9,11,15,27H,3-4,6-8,10,12-13H2. The molecular weight excluding hydrogens is 433 g/mol. The van der Waals surface area contributed by atoms with Crippen molar-refractivity contribution in [1.82, 2.24) is 19.9 Å². The number of hydrogen-bond acceptors (Lipinski definition) is 5. The molecule has 0 aliphatic carbocycles. The summed E-state index contributed by atoms with van der Waals surface area (Å²) in [5.74, 6) is 0.612. The Balaban J connectivity index is 1.25. The molecule has 6 rings (SSSR count). The summed E-state index contributed by atoms with van der Waals surface area (Å²) >= 11 is 0. The van der Waals surface area contributed by atoms with Crippen molar-refractivity contribution in [2.45, 2.75) is 25.4 Å². The van der Waals surface area contributed by atoms with E-state index >= 15 is 0 Å². The molecule has 1 fully saturated rings. The summed E-state index contributed by atoms with van der Waals surface area (Å²) in [6.07, 6.45) is -0.447. The largest absolute Gasteiger partial charge is 0.416 e. The third-order valence-electron chi connectivity index (χ3n) is 6.89. The highest BCUT2D eigenvalue weighted by molar-refractivity contribution is 5.98. The number of benzene rings is 1. The van der Waals surface area contributed by atoms with Crippen LogP contribution in [0.25, 0.3) is 5.65 Å². The Morgan fingerprint density at radius 1 is 1.09 bits per heavy atom. The maximum Gasteiger partial charge on any atom is 0.416 e. The number of aromatic nitrogens is 3. The predicted octanol–water partition coefficient (Wildman–Crippen LogP) is 2.46. The zero-order valence-electron chi connectivity index (χ0n) is 17.9. The minimum Gasteiger partial charge on any atom is -0.354 e. The molecular formula is C23H23F3N6O. The van der Waals surface area contributed by atoms with Gasteiger partial charge in [0.25, 0.3) is 0 Å². The van der Waals surface area contributed by atoms with Gasteiger partial charge in [-0.1, -0.05) is 6.07 Å². The number of nitrogens with one attached hydrogen (secondary N) is 1. The van der Waals surface area contributed by atoms with Crippen LogP contribution in [0, 0.1) is 5.92 Å². The first kappa shape index (κ1) is 20.5. The number of anilines is 2. The summed E-state index contributed by atoms with van der Waals surface area (Å²) in [6.45, 7) is 3.19. The highest BCUT2D eigenvalue weighted by atomic mass is 19.4. The van der Waals surface area contributed by atoms with E-state index in [2.05, 4.69) is 15.3 Å². The van der Waals surface area contributed by atoms with Crippen molar-refractivity contribution < 1.29 is 18.0 Å². The number of halogens is 3. The summed E-state index contributed by atoms with van der Waals surface area (Å²) in [6, 6.07) is 5.58. The Kier molecular flexibility index (Phi) is 4.62. The molecule has 1 saturated heterocycles. The fraction of sp³-hybridized carbons (Fsp3) is 0.435. The second-order valence-corrected chi connectivity index (χ2v) is 8.89. The van der Waals surface area contributed by atoms with E-state index in [1.165, 1.54) is 11.0 Å². The van der Waals surface area contributed by atoms with E-state index in [0.717, 1.165) is 66.3 Å². The average Bonchev–Trinajstić information content (AvgIpc) is 3.32. The molecule has 0 bridgehead atoms. The molecule has 0 saturated carbocycles. The third-order valence-corrected chi connectivity index (χ3v) is 6.89. The van der Waals surface area contributed by atoms with E-state index < -0.39 is 11.7 Å². The van der Waals surface area contributed by atoms with Crippen LogP contribution in [0.15, 0.2) is 30.5 Å². The van der Waals surface area contributed by atoms with Crippen molar-refractivity contribution in [3.63, 3.8) is 0 Å². The molecule has 0 radical (unpaired) electrons. The van der Waals surface area contributed by atoms with Crippen molar-refractivity contribution in [3.8, 4) is 0 Å². The van der Waals surface area contributed by atoms with Crippen LogP contribution in [0.2, 0.25) is 0 Å². The molecule has 5 heterocycles. The molecule has 0 spiro atoms. The van der Waals surface area contributed by atoms with Gasteiger partial charge in [0.15, 0.2) is 5.65 Å². The van der Waals surface area contributed by atoms with Crippen molar-refractivity contribution in [2.75, 3.05) is 42.5 Å². The zero-order chi connectivity index (χ0) is 22.7. The van der Waals surface area contributed by atoms with E-state index in [4.69, 9.17) is 4.98 Å². The number of nitrogens with zero attached hydrogens (tertiary/aromatic N) is 5. The minimum atomic E-state index is -4.43. The van der Waals surface area contributed by atoms with Gasteiger partial charge in [0, 0.05) is 49.9 Å². The Morgan fingerprint density at radius 2 is 1.91 bits per heavy atom. The maximum atomic E-state index is 13.3. The van der Waals surface area contributed by atoms with Gasteiger partial charge in [-0.15, -0.1) is 0 Å². The molecule has 1 N–H and O–H groups in total. The lowest BCUT2D eigenvalue weighted by atomic mass is 9.96. The maximum absolute atomic E-state index is 13.3. The molecule has 2 aromatic heterocycles. The quantitative estimate of drug-likeness (QED) is 0.642. The topological polar surface area (TPSA) is 65.8 Å². The van der Waals surface area contributed by atoms with Crippen molar-refractivity contribution in [3.05, 3.63) is 52.8 Å². The van der Waals surface area contributed by atoms with E-state index in [1.807, 2.05) is 10.6 Å². The van der Waals surface area contributed by atoms with E-state index in [-0.39, 0.29) is 11.8 Å². The summed E-state index contributed by atoms with van der Waals surface area (Å²) in [5.41, 5.74) is 3.47. The van der Waals surface area contributed by atoms with Crippen molar-refractivity contribution in [2.24, 2.45) is 5.92 Å². The molecule has 1 amide bonds. The van der Waals surface area contributed by atoms with Gasteiger partial charge in [-0.3, -0.25) is 4.79 Å². The number of amides is 1. The molecule has 7 nitrogen and oxygen atoms in total. The summed E-state index contributed by atoms with van der Waals surface area (Å²) in [5, 5.41) is 7.86. The number of alkyl halides is 3. The average molecular weight is 456 g/mol. The van der Waals surface area contributed by atoms with E-state index in [1.54, 1.807) is 6.20 Å². The number of fused-ring (bicyclic) bond motifs is 3. The van der Waals surface area contributed by atoms with E-state index in [9.17, 15) is 18.0 Å². The van der Waals surface area contributed by atoms with Crippen LogP contribution < -0.4 is 15.1 Å². The second kappa shape index (κ2) is 7.44. The number of carbonyl (C=O) groups excluding carboxylic acids is 1. The van der Waals surface area contributed by atoms with E-state index in [0.29, 0.717) is 31.7 Å². The van der Waals surface area contributed by atoms with Crippen LogP contribution in [0.4, 0.5) is 24.7 Å². The first-order valence-electron chi connectivity index (χ1n) is 11.2. The van der Waals surface area contributed by atoms with Crippen LogP contribution in [-0.4, -0.2) is 53.2 Å². The van der Waals surface area contributed by atoms with Gasteiger partial charge in [-0.25, -0.2) is 4.98 Å². The smallest absolute Gasteiger partial charge is 0.354 e. The SMILES string of the molecule is O=C(C1CN(c2c3c(nc4ccnn24)CCNCC3)C1)N1CCc2ccc(C(F)(F)F)cc21. The molecule has 172 valence electrons. The fourth-order valence-electron chi connectivity index (χ4n) is 5.15. The first-order chi connectivity index (χ1) is 15.9. The molecule has 3 aromatic rings. The number of hydrogen-bond donors (Lipinski definition) is 1. The minimum absolute atomic E-state index is 0.108. The Labute approximate surface area is 188 Å².